The molecule has 0 N–H and O–H groups in total. The Bertz CT molecular complexity index is 768. The van der Waals surface area contributed by atoms with Crippen LogP contribution >= 0.6 is 0 Å². The number of benzene rings is 2. The minimum atomic E-state index is -3.55. The van der Waals surface area contributed by atoms with Crippen molar-refractivity contribution >= 4 is 10.0 Å². The van der Waals surface area contributed by atoms with Crippen molar-refractivity contribution in [2.75, 3.05) is 7.11 Å². The molecular weight excluding hydrogens is 322 g/mol. The van der Waals surface area contributed by atoms with E-state index in [0.29, 0.717) is 23.1 Å². The zero-order valence-corrected chi connectivity index (χ0v) is 14.9. The first kappa shape index (κ1) is 17.0. The van der Waals surface area contributed by atoms with Gasteiger partial charge in [-0.25, -0.2) is 8.42 Å². The minimum absolute atomic E-state index is 0.00249. The normalized spacial score (nSPS) is 16.1. The minimum Gasteiger partial charge on any atom is -0.497 e. The topological polar surface area (TPSA) is 46.6 Å². The van der Waals surface area contributed by atoms with Gasteiger partial charge in [0.1, 0.15) is 5.75 Å². The van der Waals surface area contributed by atoms with Gasteiger partial charge < -0.3 is 4.74 Å². The average molecular weight is 345 g/mol. The van der Waals surface area contributed by atoms with Gasteiger partial charge in [-0.15, -0.1) is 0 Å². The van der Waals surface area contributed by atoms with Gasteiger partial charge in [-0.3, -0.25) is 0 Å². The summed E-state index contributed by atoms with van der Waals surface area (Å²) in [5, 5.41) is 0. The zero-order chi connectivity index (χ0) is 17.2. The van der Waals surface area contributed by atoms with Crippen molar-refractivity contribution in [3.63, 3.8) is 0 Å². The summed E-state index contributed by atoms with van der Waals surface area (Å²) in [5.41, 5.74) is 1.00. The molecule has 2 aromatic carbocycles. The SMILES string of the molecule is COc1ccc(S(=O)(=O)N(Cc2ccccc2)C(C)C2CC2)cc1. The molecule has 1 fully saturated rings. The molecule has 1 unspecified atom stereocenters. The molecular formula is C19H23NO3S. The Morgan fingerprint density at radius 2 is 1.71 bits per heavy atom. The number of nitrogens with zero attached hydrogens (tertiary/aromatic N) is 1. The second-order valence-corrected chi connectivity index (χ2v) is 8.18. The molecule has 0 amide bonds. The van der Waals surface area contributed by atoms with E-state index in [1.54, 1.807) is 35.7 Å². The van der Waals surface area contributed by atoms with Gasteiger partial charge in [0.2, 0.25) is 10.0 Å². The van der Waals surface area contributed by atoms with E-state index in [1.807, 2.05) is 37.3 Å². The van der Waals surface area contributed by atoms with Gasteiger partial charge in [-0.2, -0.15) is 4.31 Å². The first-order valence-corrected chi connectivity index (χ1v) is 9.66. The molecule has 1 saturated carbocycles. The highest BCUT2D eigenvalue weighted by Crippen LogP contribution is 2.38. The van der Waals surface area contributed by atoms with E-state index >= 15 is 0 Å². The van der Waals surface area contributed by atoms with Crippen LogP contribution in [-0.2, 0) is 16.6 Å². The van der Waals surface area contributed by atoms with Crippen molar-refractivity contribution in [2.45, 2.75) is 37.2 Å². The maximum absolute atomic E-state index is 13.2. The Balaban J connectivity index is 1.93. The molecule has 128 valence electrons. The Morgan fingerprint density at radius 3 is 2.25 bits per heavy atom. The predicted molar refractivity (Wildman–Crippen MR) is 94.4 cm³/mol. The van der Waals surface area contributed by atoms with E-state index in [2.05, 4.69) is 0 Å². The molecule has 24 heavy (non-hydrogen) atoms. The second kappa shape index (κ2) is 6.95. The Morgan fingerprint density at radius 1 is 1.08 bits per heavy atom. The van der Waals surface area contributed by atoms with Crippen molar-refractivity contribution in [2.24, 2.45) is 5.92 Å². The lowest BCUT2D eigenvalue weighted by Gasteiger charge is -2.28. The highest BCUT2D eigenvalue weighted by Gasteiger charge is 2.38. The van der Waals surface area contributed by atoms with Gasteiger partial charge in [0.25, 0.3) is 0 Å². The van der Waals surface area contributed by atoms with Gasteiger partial charge in [0.15, 0.2) is 0 Å². The Hall–Kier alpha value is -1.85. The highest BCUT2D eigenvalue weighted by atomic mass is 32.2. The fraction of sp³-hybridized carbons (Fsp3) is 0.368. The summed E-state index contributed by atoms with van der Waals surface area (Å²) in [5.74, 6) is 1.11. The van der Waals surface area contributed by atoms with Gasteiger partial charge in [-0.1, -0.05) is 30.3 Å². The Kier molecular flexibility index (Phi) is 4.92. The maximum atomic E-state index is 13.2. The molecule has 2 aromatic rings. The second-order valence-electron chi connectivity index (χ2n) is 6.29. The quantitative estimate of drug-likeness (QED) is 0.769. The molecule has 0 heterocycles. The van der Waals surface area contributed by atoms with Crippen molar-refractivity contribution in [1.82, 2.24) is 4.31 Å². The Labute approximate surface area is 144 Å². The number of sulfonamides is 1. The van der Waals surface area contributed by atoms with Crippen LogP contribution in [0.5, 0.6) is 5.75 Å². The molecule has 0 radical (unpaired) electrons. The van der Waals surface area contributed by atoms with Crippen LogP contribution in [0, 0.1) is 5.92 Å². The largest absolute Gasteiger partial charge is 0.497 e. The summed E-state index contributed by atoms with van der Waals surface area (Å²) in [4.78, 5) is 0.312. The van der Waals surface area contributed by atoms with Gasteiger partial charge in [0, 0.05) is 12.6 Å². The molecule has 1 aliphatic carbocycles. The average Bonchev–Trinajstić information content (AvgIpc) is 3.45. The van der Waals surface area contributed by atoms with Crippen molar-refractivity contribution in [3.05, 3.63) is 60.2 Å². The van der Waals surface area contributed by atoms with E-state index in [9.17, 15) is 8.42 Å². The van der Waals surface area contributed by atoms with Crippen molar-refractivity contribution in [3.8, 4) is 5.75 Å². The fourth-order valence-corrected chi connectivity index (χ4v) is 4.59. The molecule has 1 atom stereocenters. The third kappa shape index (κ3) is 3.62. The number of methoxy groups -OCH3 is 1. The van der Waals surface area contributed by atoms with Crippen LogP contribution in [0.15, 0.2) is 59.5 Å². The lowest BCUT2D eigenvalue weighted by atomic mass is 10.2. The standard InChI is InChI=1S/C19H23NO3S/c1-15(17-8-9-17)20(14-16-6-4-3-5-7-16)24(21,22)19-12-10-18(23-2)11-13-19/h3-7,10-13,15,17H,8-9,14H2,1-2H3. The molecule has 4 nitrogen and oxygen atoms in total. The maximum Gasteiger partial charge on any atom is 0.243 e. The highest BCUT2D eigenvalue weighted by molar-refractivity contribution is 7.89. The summed E-state index contributed by atoms with van der Waals surface area (Å²) in [6.07, 6.45) is 2.20. The van der Waals surface area contributed by atoms with Gasteiger partial charge >= 0.3 is 0 Å². The van der Waals surface area contributed by atoms with Crippen molar-refractivity contribution < 1.29 is 13.2 Å². The summed E-state index contributed by atoms with van der Waals surface area (Å²) < 4.78 is 33.2. The summed E-state index contributed by atoms with van der Waals surface area (Å²) >= 11 is 0. The van der Waals surface area contributed by atoms with E-state index in [1.165, 1.54) is 0 Å². The van der Waals surface area contributed by atoms with Crippen molar-refractivity contribution in [1.29, 1.82) is 0 Å². The summed E-state index contributed by atoms with van der Waals surface area (Å²) in [7, 11) is -1.98. The smallest absolute Gasteiger partial charge is 0.243 e. The lowest BCUT2D eigenvalue weighted by Crippen LogP contribution is -2.39. The van der Waals surface area contributed by atoms with E-state index < -0.39 is 10.0 Å². The van der Waals surface area contributed by atoms with Crippen LogP contribution in [0.4, 0.5) is 0 Å². The molecule has 0 saturated heterocycles. The predicted octanol–water partition coefficient (Wildman–Crippen LogP) is 3.68. The molecule has 1 aliphatic rings. The van der Waals surface area contributed by atoms with Crippen LogP contribution in [0.25, 0.3) is 0 Å². The van der Waals surface area contributed by atoms with Crippen LogP contribution in [0.2, 0.25) is 0 Å². The molecule has 0 spiro atoms. The molecule has 0 aliphatic heterocycles. The van der Waals surface area contributed by atoms with Gasteiger partial charge in [-0.05, 0) is 55.5 Å². The molecule has 0 bridgehead atoms. The number of hydrogen-bond donors (Lipinski definition) is 0. The van der Waals surface area contributed by atoms with Crippen LogP contribution in [-0.4, -0.2) is 25.9 Å². The monoisotopic (exact) mass is 345 g/mol. The van der Waals surface area contributed by atoms with Gasteiger partial charge in [0.05, 0.1) is 12.0 Å². The number of hydrogen-bond acceptors (Lipinski definition) is 3. The zero-order valence-electron chi connectivity index (χ0n) is 14.1. The first-order chi connectivity index (χ1) is 11.5. The third-order valence-electron chi connectivity index (χ3n) is 4.61. The van der Waals surface area contributed by atoms with E-state index in [0.717, 1.165) is 18.4 Å². The fourth-order valence-electron chi connectivity index (χ4n) is 2.91. The van der Waals surface area contributed by atoms with E-state index in [-0.39, 0.29) is 6.04 Å². The summed E-state index contributed by atoms with van der Waals surface area (Å²) in [6, 6.07) is 16.4. The van der Waals surface area contributed by atoms with Crippen LogP contribution < -0.4 is 4.74 Å². The van der Waals surface area contributed by atoms with E-state index in [4.69, 9.17) is 4.74 Å². The summed E-state index contributed by atoms with van der Waals surface area (Å²) in [6.45, 7) is 2.41. The number of rotatable bonds is 7. The molecule has 3 rings (SSSR count). The van der Waals surface area contributed by atoms with Crippen LogP contribution in [0.3, 0.4) is 0 Å². The third-order valence-corrected chi connectivity index (χ3v) is 6.55. The number of ether oxygens (including phenoxy) is 1. The lowest BCUT2D eigenvalue weighted by molar-refractivity contribution is 0.303. The first-order valence-electron chi connectivity index (χ1n) is 8.22. The molecule has 5 heteroatoms. The molecule has 0 aromatic heterocycles. The van der Waals surface area contributed by atoms with Crippen LogP contribution in [0.1, 0.15) is 25.3 Å².